The van der Waals surface area contributed by atoms with E-state index < -0.39 is 0 Å². The summed E-state index contributed by atoms with van der Waals surface area (Å²) in [5.41, 5.74) is 1.92. The molecule has 0 spiro atoms. The van der Waals surface area contributed by atoms with Gasteiger partial charge in [0, 0.05) is 31.4 Å². The van der Waals surface area contributed by atoms with Crippen molar-refractivity contribution in [2.24, 2.45) is 4.99 Å². The van der Waals surface area contributed by atoms with Crippen molar-refractivity contribution >= 4 is 46.2 Å². The predicted octanol–water partition coefficient (Wildman–Crippen LogP) is 3.06. The van der Waals surface area contributed by atoms with Gasteiger partial charge in [0.15, 0.2) is 10.9 Å². The van der Waals surface area contributed by atoms with E-state index in [0.29, 0.717) is 19.0 Å². The Bertz CT molecular complexity index is 785. The van der Waals surface area contributed by atoms with E-state index in [2.05, 4.69) is 20.6 Å². The van der Waals surface area contributed by atoms with Gasteiger partial charge in [0.2, 0.25) is 0 Å². The van der Waals surface area contributed by atoms with E-state index >= 15 is 0 Å². The number of imidazole rings is 1. The number of hydrogen-bond donors (Lipinski definition) is 2. The molecule has 0 bridgehead atoms. The highest BCUT2D eigenvalue weighted by molar-refractivity contribution is 14.0. The summed E-state index contributed by atoms with van der Waals surface area (Å²) in [5.74, 6) is 0.502. The Kier molecular flexibility index (Phi) is 6.98. The van der Waals surface area contributed by atoms with Crippen molar-refractivity contribution in [3.8, 4) is 0 Å². The van der Waals surface area contributed by atoms with Gasteiger partial charge in [-0.25, -0.2) is 9.37 Å². The average molecular weight is 459 g/mol. The number of rotatable bonds is 5. The van der Waals surface area contributed by atoms with Gasteiger partial charge in [0.25, 0.3) is 0 Å². The minimum Gasteiger partial charge on any atom is -0.356 e. The molecule has 0 aliphatic carbocycles. The molecule has 0 saturated carbocycles. The van der Waals surface area contributed by atoms with Gasteiger partial charge < -0.3 is 10.6 Å². The highest BCUT2D eigenvalue weighted by Crippen LogP contribution is 2.10. The summed E-state index contributed by atoms with van der Waals surface area (Å²) in [6, 6.07) is 6.64. The molecule has 128 valence electrons. The van der Waals surface area contributed by atoms with E-state index in [9.17, 15) is 4.39 Å². The maximum atomic E-state index is 13.1. The number of nitrogens with one attached hydrogen (secondary N) is 2. The van der Waals surface area contributed by atoms with E-state index in [1.165, 1.54) is 6.07 Å². The molecule has 0 fully saturated rings. The third kappa shape index (κ3) is 4.91. The van der Waals surface area contributed by atoms with Crippen LogP contribution >= 0.6 is 35.3 Å². The number of aromatic nitrogens is 2. The summed E-state index contributed by atoms with van der Waals surface area (Å²) in [4.78, 5) is 9.68. The molecule has 0 radical (unpaired) electrons. The van der Waals surface area contributed by atoms with Crippen LogP contribution in [-0.4, -0.2) is 28.9 Å². The zero-order valence-electron chi connectivity index (χ0n) is 13.2. The lowest BCUT2D eigenvalue weighted by atomic mass is 10.1. The van der Waals surface area contributed by atoms with Crippen molar-refractivity contribution < 1.29 is 4.39 Å². The van der Waals surface area contributed by atoms with Crippen LogP contribution in [0.25, 0.3) is 4.96 Å². The van der Waals surface area contributed by atoms with Crippen LogP contribution in [0.2, 0.25) is 0 Å². The molecule has 8 heteroatoms. The fraction of sp³-hybridized carbons (Fsp3) is 0.250. The molecule has 2 heterocycles. The fourth-order valence-electron chi connectivity index (χ4n) is 2.27. The van der Waals surface area contributed by atoms with Crippen molar-refractivity contribution in [2.75, 3.05) is 13.6 Å². The van der Waals surface area contributed by atoms with Gasteiger partial charge in [0.1, 0.15) is 5.82 Å². The van der Waals surface area contributed by atoms with Gasteiger partial charge in [-0.2, -0.15) is 0 Å². The van der Waals surface area contributed by atoms with Crippen LogP contribution in [0.3, 0.4) is 0 Å². The molecule has 3 aromatic rings. The van der Waals surface area contributed by atoms with E-state index in [4.69, 9.17) is 0 Å². The first-order valence-corrected chi connectivity index (χ1v) is 8.22. The van der Waals surface area contributed by atoms with Gasteiger partial charge in [-0.15, -0.1) is 35.3 Å². The number of hydrogen-bond acceptors (Lipinski definition) is 3. The summed E-state index contributed by atoms with van der Waals surface area (Å²) in [6.45, 7) is 1.29. The van der Waals surface area contributed by atoms with Gasteiger partial charge in [0.05, 0.1) is 12.2 Å². The second-order valence-electron chi connectivity index (χ2n) is 5.06. The standard InChI is InChI=1S/C16H18FN5S.HI/c1-18-15(19-6-5-12-3-2-4-13(17)9-12)20-10-14-11-22-7-8-23-16(22)21-14;/h2-4,7-9,11H,5-6,10H2,1H3,(H2,18,19,20);1H. The van der Waals surface area contributed by atoms with Crippen molar-refractivity contribution in [3.05, 3.63) is 59.1 Å². The Hall–Kier alpha value is -1.68. The van der Waals surface area contributed by atoms with E-state index in [0.717, 1.165) is 22.6 Å². The minimum atomic E-state index is -0.204. The molecule has 0 amide bonds. The topological polar surface area (TPSA) is 53.7 Å². The Balaban J connectivity index is 0.00000208. The molecule has 0 aliphatic rings. The van der Waals surface area contributed by atoms with Gasteiger partial charge in [-0.1, -0.05) is 12.1 Å². The first kappa shape index (κ1) is 18.7. The first-order chi connectivity index (χ1) is 11.2. The first-order valence-electron chi connectivity index (χ1n) is 7.34. The summed E-state index contributed by atoms with van der Waals surface area (Å²) in [6.07, 6.45) is 4.72. The lowest BCUT2D eigenvalue weighted by molar-refractivity contribution is 0.625. The van der Waals surface area contributed by atoms with Crippen LogP contribution in [0.1, 0.15) is 11.3 Å². The van der Waals surface area contributed by atoms with Crippen LogP contribution in [0.15, 0.2) is 47.0 Å². The number of fused-ring (bicyclic) bond motifs is 1. The van der Waals surface area contributed by atoms with Crippen molar-refractivity contribution in [2.45, 2.75) is 13.0 Å². The Morgan fingerprint density at radius 3 is 3.00 bits per heavy atom. The fourth-order valence-corrected chi connectivity index (χ4v) is 2.99. The molecular weight excluding hydrogens is 440 g/mol. The quantitative estimate of drug-likeness (QED) is 0.351. The second kappa shape index (κ2) is 8.97. The third-order valence-electron chi connectivity index (χ3n) is 3.40. The maximum Gasteiger partial charge on any atom is 0.193 e. The number of benzene rings is 1. The van der Waals surface area contributed by atoms with Crippen LogP contribution in [0.5, 0.6) is 0 Å². The molecule has 24 heavy (non-hydrogen) atoms. The molecule has 2 N–H and O–H groups in total. The number of halogens is 2. The van der Waals surface area contributed by atoms with Crippen molar-refractivity contribution in [1.82, 2.24) is 20.0 Å². The molecule has 3 rings (SSSR count). The second-order valence-corrected chi connectivity index (χ2v) is 5.93. The summed E-state index contributed by atoms with van der Waals surface area (Å²) in [7, 11) is 1.73. The normalized spacial score (nSPS) is 11.3. The lowest BCUT2D eigenvalue weighted by Crippen LogP contribution is -2.37. The molecule has 0 atom stereocenters. The highest BCUT2D eigenvalue weighted by atomic mass is 127. The largest absolute Gasteiger partial charge is 0.356 e. The van der Waals surface area contributed by atoms with Crippen LogP contribution < -0.4 is 10.6 Å². The monoisotopic (exact) mass is 459 g/mol. The van der Waals surface area contributed by atoms with Crippen molar-refractivity contribution in [1.29, 1.82) is 0 Å². The number of nitrogens with zero attached hydrogens (tertiary/aromatic N) is 3. The zero-order valence-corrected chi connectivity index (χ0v) is 16.3. The molecule has 0 saturated heterocycles. The summed E-state index contributed by atoms with van der Waals surface area (Å²) >= 11 is 1.61. The van der Waals surface area contributed by atoms with Crippen molar-refractivity contribution in [3.63, 3.8) is 0 Å². The molecule has 0 unspecified atom stereocenters. The maximum absolute atomic E-state index is 13.1. The molecular formula is C16H19FIN5S. The van der Waals surface area contributed by atoms with Crippen LogP contribution in [0, 0.1) is 5.82 Å². The molecule has 0 aliphatic heterocycles. The van der Waals surface area contributed by atoms with E-state index in [1.807, 2.05) is 28.2 Å². The molecule has 2 aromatic heterocycles. The lowest BCUT2D eigenvalue weighted by Gasteiger charge is -2.11. The van der Waals surface area contributed by atoms with Gasteiger partial charge >= 0.3 is 0 Å². The van der Waals surface area contributed by atoms with Crippen LogP contribution in [-0.2, 0) is 13.0 Å². The Morgan fingerprint density at radius 2 is 2.25 bits per heavy atom. The Morgan fingerprint density at radius 1 is 1.38 bits per heavy atom. The highest BCUT2D eigenvalue weighted by Gasteiger charge is 2.04. The van der Waals surface area contributed by atoms with E-state index in [-0.39, 0.29) is 29.8 Å². The van der Waals surface area contributed by atoms with Gasteiger partial charge in [-0.3, -0.25) is 9.39 Å². The van der Waals surface area contributed by atoms with E-state index in [1.54, 1.807) is 30.5 Å². The van der Waals surface area contributed by atoms with Crippen LogP contribution in [0.4, 0.5) is 4.39 Å². The minimum absolute atomic E-state index is 0. The third-order valence-corrected chi connectivity index (χ3v) is 4.17. The SMILES string of the molecule is CN=C(NCCc1cccc(F)c1)NCc1cn2ccsc2n1.I. The zero-order chi connectivity index (χ0) is 16.1. The molecule has 1 aromatic carbocycles. The Labute approximate surface area is 161 Å². The summed E-state index contributed by atoms with van der Waals surface area (Å²) < 4.78 is 15.1. The van der Waals surface area contributed by atoms with Gasteiger partial charge in [-0.05, 0) is 24.1 Å². The summed E-state index contributed by atoms with van der Waals surface area (Å²) in [5, 5.41) is 8.45. The predicted molar refractivity (Wildman–Crippen MR) is 107 cm³/mol. The number of thiazole rings is 1. The number of aliphatic imine (C=N–C) groups is 1. The smallest absolute Gasteiger partial charge is 0.193 e. The molecule has 5 nitrogen and oxygen atoms in total. The average Bonchev–Trinajstić information content (AvgIpc) is 3.12. The number of guanidine groups is 1.